The number of hydrogen-bond acceptors (Lipinski definition) is 3. The Labute approximate surface area is 166 Å². The first-order chi connectivity index (χ1) is 13.4. The number of carbonyl (C=O) groups excluding carboxylic acids is 1. The summed E-state index contributed by atoms with van der Waals surface area (Å²) in [7, 11) is -3.75. The van der Waals surface area contributed by atoms with Crippen molar-refractivity contribution in [3.63, 3.8) is 0 Å². The minimum absolute atomic E-state index is 0.0537. The lowest BCUT2D eigenvalue weighted by Gasteiger charge is -2.31. The van der Waals surface area contributed by atoms with Gasteiger partial charge in [0.2, 0.25) is 0 Å². The highest BCUT2D eigenvalue weighted by Crippen LogP contribution is 2.37. The summed E-state index contributed by atoms with van der Waals surface area (Å²) in [6, 6.07) is 13.9. The zero-order valence-corrected chi connectivity index (χ0v) is 16.9. The molecule has 2 aromatic rings. The average Bonchev–Trinajstić information content (AvgIpc) is 3.11. The standard InChI is InChI=1S/C22H26N2O3S/c1-16-6-4-9-19(14-16)23-28(26,27)20-10-5-8-18(15-20)22(25)24-13-12-17-7-2-3-11-21(17)24/h4-6,8-10,14-15,17,21,23H,2-3,7,11-13H2,1H3. The van der Waals surface area contributed by atoms with E-state index in [1.165, 1.54) is 31.4 Å². The molecule has 28 heavy (non-hydrogen) atoms. The Balaban J connectivity index is 1.56. The Morgan fingerprint density at radius 2 is 1.82 bits per heavy atom. The van der Waals surface area contributed by atoms with Crippen LogP contribution in [0.2, 0.25) is 0 Å². The fraction of sp³-hybridized carbons (Fsp3) is 0.409. The maximum absolute atomic E-state index is 13.1. The molecule has 0 radical (unpaired) electrons. The average molecular weight is 399 g/mol. The van der Waals surface area contributed by atoms with Crippen LogP contribution in [0, 0.1) is 12.8 Å². The lowest BCUT2D eigenvalue weighted by molar-refractivity contribution is 0.0690. The molecule has 1 heterocycles. The van der Waals surface area contributed by atoms with Crippen molar-refractivity contribution >= 4 is 21.6 Å². The van der Waals surface area contributed by atoms with Gasteiger partial charge in [-0.3, -0.25) is 9.52 Å². The third-order valence-electron chi connectivity index (χ3n) is 5.93. The predicted molar refractivity (Wildman–Crippen MR) is 110 cm³/mol. The normalized spacial score (nSPS) is 22.0. The number of sulfonamides is 1. The lowest BCUT2D eigenvalue weighted by Crippen LogP contribution is -2.39. The topological polar surface area (TPSA) is 66.5 Å². The van der Waals surface area contributed by atoms with Gasteiger partial charge in [-0.2, -0.15) is 0 Å². The molecule has 1 N–H and O–H groups in total. The lowest BCUT2D eigenvalue weighted by atomic mass is 9.85. The molecule has 1 saturated heterocycles. The van der Waals surface area contributed by atoms with Crippen LogP contribution >= 0.6 is 0 Å². The van der Waals surface area contributed by atoms with E-state index in [0.717, 1.165) is 24.9 Å². The Kier molecular flexibility index (Phi) is 5.15. The molecule has 2 aliphatic rings. The molecule has 1 saturated carbocycles. The highest BCUT2D eigenvalue weighted by atomic mass is 32.2. The quantitative estimate of drug-likeness (QED) is 0.839. The van der Waals surface area contributed by atoms with Crippen LogP contribution < -0.4 is 4.72 Å². The molecule has 5 nitrogen and oxygen atoms in total. The number of hydrogen-bond donors (Lipinski definition) is 1. The van der Waals surface area contributed by atoms with E-state index >= 15 is 0 Å². The third kappa shape index (κ3) is 3.78. The zero-order valence-electron chi connectivity index (χ0n) is 16.1. The second-order valence-electron chi connectivity index (χ2n) is 7.90. The van der Waals surface area contributed by atoms with Crippen molar-refractivity contribution in [2.75, 3.05) is 11.3 Å². The Morgan fingerprint density at radius 1 is 1.04 bits per heavy atom. The van der Waals surface area contributed by atoms with Gasteiger partial charge in [-0.1, -0.05) is 31.0 Å². The Bertz CT molecular complexity index is 987. The largest absolute Gasteiger partial charge is 0.335 e. The van der Waals surface area contributed by atoms with E-state index in [1.54, 1.807) is 30.3 Å². The molecule has 0 aromatic heterocycles. The second-order valence-corrected chi connectivity index (χ2v) is 9.58. The summed E-state index contributed by atoms with van der Waals surface area (Å²) in [6.45, 7) is 2.68. The molecule has 1 aliphatic carbocycles. The van der Waals surface area contributed by atoms with Crippen molar-refractivity contribution < 1.29 is 13.2 Å². The van der Waals surface area contributed by atoms with Gasteiger partial charge in [0.1, 0.15) is 0 Å². The summed E-state index contributed by atoms with van der Waals surface area (Å²) in [4.78, 5) is 15.2. The first-order valence-electron chi connectivity index (χ1n) is 9.94. The van der Waals surface area contributed by atoms with Crippen molar-refractivity contribution in [1.82, 2.24) is 4.90 Å². The van der Waals surface area contributed by atoms with Crippen molar-refractivity contribution in [3.05, 3.63) is 59.7 Å². The highest BCUT2D eigenvalue weighted by Gasteiger charge is 2.38. The number of rotatable bonds is 4. The van der Waals surface area contributed by atoms with Crippen LogP contribution in [0.5, 0.6) is 0 Å². The summed E-state index contributed by atoms with van der Waals surface area (Å²) in [5, 5.41) is 0. The van der Waals surface area contributed by atoms with E-state index in [-0.39, 0.29) is 10.8 Å². The van der Waals surface area contributed by atoms with Crippen LogP contribution in [0.15, 0.2) is 53.4 Å². The maximum atomic E-state index is 13.1. The number of amides is 1. The number of benzene rings is 2. The second kappa shape index (κ2) is 7.59. The van der Waals surface area contributed by atoms with Gasteiger partial charge in [-0.25, -0.2) is 8.42 Å². The van der Waals surface area contributed by atoms with Crippen LogP contribution in [0.25, 0.3) is 0 Å². The van der Waals surface area contributed by atoms with E-state index in [0.29, 0.717) is 23.2 Å². The van der Waals surface area contributed by atoms with E-state index in [9.17, 15) is 13.2 Å². The van der Waals surface area contributed by atoms with Gasteiger partial charge in [-0.15, -0.1) is 0 Å². The summed E-state index contributed by atoms with van der Waals surface area (Å²) in [5.74, 6) is 0.551. The van der Waals surface area contributed by atoms with Crippen LogP contribution in [0.3, 0.4) is 0 Å². The number of anilines is 1. The molecule has 2 fully saturated rings. The molecule has 6 heteroatoms. The van der Waals surface area contributed by atoms with Gasteiger partial charge >= 0.3 is 0 Å². The molecule has 1 aliphatic heterocycles. The van der Waals surface area contributed by atoms with Crippen LogP contribution in [0.1, 0.15) is 48.0 Å². The number of likely N-dealkylation sites (tertiary alicyclic amines) is 1. The van der Waals surface area contributed by atoms with Crippen molar-refractivity contribution in [1.29, 1.82) is 0 Å². The van der Waals surface area contributed by atoms with E-state index in [1.807, 2.05) is 17.9 Å². The van der Waals surface area contributed by atoms with Gasteiger partial charge in [0.25, 0.3) is 15.9 Å². The maximum Gasteiger partial charge on any atom is 0.261 e. The molecular weight excluding hydrogens is 372 g/mol. The fourth-order valence-corrected chi connectivity index (χ4v) is 5.64. The zero-order chi connectivity index (χ0) is 19.7. The van der Waals surface area contributed by atoms with Crippen LogP contribution in [0.4, 0.5) is 5.69 Å². The Morgan fingerprint density at radius 3 is 2.64 bits per heavy atom. The molecule has 2 aromatic carbocycles. The number of carbonyl (C=O) groups is 1. The SMILES string of the molecule is Cc1cccc(NS(=O)(=O)c2cccc(C(=O)N3CCC4CCCCC43)c2)c1. The first kappa shape index (κ1) is 19.0. The molecule has 1 amide bonds. The fourth-order valence-electron chi connectivity index (χ4n) is 4.54. The molecule has 2 atom stereocenters. The monoisotopic (exact) mass is 398 g/mol. The van der Waals surface area contributed by atoms with E-state index < -0.39 is 10.0 Å². The van der Waals surface area contributed by atoms with Gasteiger partial charge < -0.3 is 4.90 Å². The van der Waals surface area contributed by atoms with Gasteiger partial charge in [-0.05, 0) is 68.0 Å². The van der Waals surface area contributed by atoms with Gasteiger partial charge in [0.05, 0.1) is 4.90 Å². The van der Waals surface area contributed by atoms with Crippen LogP contribution in [-0.2, 0) is 10.0 Å². The molecule has 0 spiro atoms. The minimum atomic E-state index is -3.75. The van der Waals surface area contributed by atoms with E-state index in [2.05, 4.69) is 4.72 Å². The molecule has 4 rings (SSSR count). The predicted octanol–water partition coefficient (Wildman–Crippen LogP) is 4.20. The number of nitrogens with one attached hydrogen (secondary N) is 1. The molecule has 2 unspecified atom stereocenters. The van der Waals surface area contributed by atoms with Gasteiger partial charge in [0.15, 0.2) is 0 Å². The molecule has 0 bridgehead atoms. The van der Waals surface area contributed by atoms with Crippen molar-refractivity contribution in [3.8, 4) is 0 Å². The third-order valence-corrected chi connectivity index (χ3v) is 7.31. The van der Waals surface area contributed by atoms with Gasteiger partial charge in [0, 0.05) is 23.8 Å². The summed E-state index contributed by atoms with van der Waals surface area (Å²) in [5.41, 5.74) is 1.93. The first-order valence-corrected chi connectivity index (χ1v) is 11.4. The number of nitrogens with zero attached hydrogens (tertiary/aromatic N) is 1. The number of aryl methyl sites for hydroxylation is 1. The van der Waals surface area contributed by atoms with Crippen molar-refractivity contribution in [2.45, 2.75) is 50.0 Å². The summed E-state index contributed by atoms with van der Waals surface area (Å²) >= 11 is 0. The minimum Gasteiger partial charge on any atom is -0.335 e. The Hall–Kier alpha value is -2.34. The molecular formula is C22H26N2O3S. The molecule has 148 valence electrons. The van der Waals surface area contributed by atoms with Crippen LogP contribution in [-0.4, -0.2) is 31.8 Å². The highest BCUT2D eigenvalue weighted by molar-refractivity contribution is 7.92. The van der Waals surface area contributed by atoms with E-state index in [4.69, 9.17) is 0 Å². The number of fused-ring (bicyclic) bond motifs is 1. The summed E-state index contributed by atoms with van der Waals surface area (Å²) in [6.07, 6.45) is 5.73. The summed E-state index contributed by atoms with van der Waals surface area (Å²) < 4.78 is 28.2. The smallest absolute Gasteiger partial charge is 0.261 e. The van der Waals surface area contributed by atoms with Crippen molar-refractivity contribution in [2.24, 2.45) is 5.92 Å².